The Kier molecular flexibility index (Phi) is 5.17. The highest BCUT2D eigenvalue weighted by molar-refractivity contribution is 7.12. The van der Waals surface area contributed by atoms with E-state index in [9.17, 15) is 14.4 Å². The molecule has 0 N–H and O–H groups in total. The first-order chi connectivity index (χ1) is 13.6. The molecule has 1 aliphatic heterocycles. The number of nitrogens with zero attached hydrogens (tertiary/aromatic N) is 2. The number of carbonyl (C=O) groups is 3. The number of hydrogen-bond donors (Lipinski definition) is 0. The molecule has 1 aliphatic carbocycles. The number of anilines is 1. The molecule has 2 aromatic rings. The summed E-state index contributed by atoms with van der Waals surface area (Å²) in [4.78, 5) is 42.6. The number of thiophene rings is 1. The molecule has 1 saturated carbocycles. The second-order valence-corrected chi connectivity index (χ2v) is 8.06. The molecule has 1 unspecified atom stereocenters. The van der Waals surface area contributed by atoms with E-state index in [0.29, 0.717) is 16.3 Å². The van der Waals surface area contributed by atoms with E-state index >= 15 is 0 Å². The van der Waals surface area contributed by atoms with Crippen molar-refractivity contribution in [1.29, 1.82) is 0 Å². The molecule has 0 spiro atoms. The smallest absolute Gasteiger partial charge is 0.264 e. The molecule has 7 heteroatoms. The first-order valence-electron chi connectivity index (χ1n) is 9.47. The number of methoxy groups -OCH3 is 1. The van der Waals surface area contributed by atoms with Crippen molar-refractivity contribution in [2.75, 3.05) is 12.0 Å². The fraction of sp³-hybridized carbons (Fsp3) is 0.381. The summed E-state index contributed by atoms with van der Waals surface area (Å²) < 4.78 is 5.15. The zero-order valence-electron chi connectivity index (χ0n) is 15.7. The lowest BCUT2D eigenvalue weighted by atomic mass is 10.1. The average Bonchev–Trinajstić information content (AvgIpc) is 3.46. The first-order valence-corrected chi connectivity index (χ1v) is 10.3. The van der Waals surface area contributed by atoms with E-state index in [0.717, 1.165) is 25.7 Å². The zero-order valence-corrected chi connectivity index (χ0v) is 16.5. The van der Waals surface area contributed by atoms with Crippen LogP contribution in [0.15, 0.2) is 41.8 Å². The van der Waals surface area contributed by atoms with Gasteiger partial charge in [-0.25, -0.2) is 4.90 Å². The van der Waals surface area contributed by atoms with E-state index in [2.05, 4.69) is 0 Å². The van der Waals surface area contributed by atoms with Crippen LogP contribution in [0.2, 0.25) is 0 Å². The minimum Gasteiger partial charge on any atom is -0.497 e. The fourth-order valence-electron chi connectivity index (χ4n) is 4.11. The molecule has 2 heterocycles. The van der Waals surface area contributed by atoms with Gasteiger partial charge in [0.15, 0.2) is 0 Å². The Morgan fingerprint density at radius 3 is 2.46 bits per heavy atom. The van der Waals surface area contributed by atoms with Gasteiger partial charge in [0, 0.05) is 6.04 Å². The van der Waals surface area contributed by atoms with E-state index in [1.54, 1.807) is 42.3 Å². The summed E-state index contributed by atoms with van der Waals surface area (Å²) in [7, 11) is 1.56. The summed E-state index contributed by atoms with van der Waals surface area (Å²) in [6, 6.07) is 9.69. The van der Waals surface area contributed by atoms with Gasteiger partial charge in [-0.2, -0.15) is 0 Å². The van der Waals surface area contributed by atoms with Crippen LogP contribution in [0.4, 0.5) is 5.69 Å². The van der Waals surface area contributed by atoms with E-state index in [1.165, 1.54) is 16.2 Å². The Hall–Kier alpha value is -2.67. The number of benzene rings is 1. The van der Waals surface area contributed by atoms with Gasteiger partial charge in [0.1, 0.15) is 11.8 Å². The molecule has 6 nitrogen and oxygen atoms in total. The Labute approximate surface area is 167 Å². The van der Waals surface area contributed by atoms with Crippen LogP contribution in [0.5, 0.6) is 5.75 Å². The lowest BCUT2D eigenvalue weighted by molar-refractivity contribution is -0.123. The fourth-order valence-corrected chi connectivity index (χ4v) is 4.77. The third-order valence-corrected chi connectivity index (χ3v) is 6.33. The molecule has 1 aromatic carbocycles. The van der Waals surface area contributed by atoms with Crippen LogP contribution >= 0.6 is 11.3 Å². The zero-order chi connectivity index (χ0) is 19.7. The van der Waals surface area contributed by atoms with E-state index in [4.69, 9.17) is 4.74 Å². The maximum Gasteiger partial charge on any atom is 0.264 e. The molecule has 0 radical (unpaired) electrons. The maximum atomic E-state index is 13.2. The summed E-state index contributed by atoms with van der Waals surface area (Å²) in [5, 5.41) is 1.85. The third kappa shape index (κ3) is 3.30. The minimum absolute atomic E-state index is 0.00664. The van der Waals surface area contributed by atoms with Crippen molar-refractivity contribution in [3.05, 3.63) is 46.7 Å². The predicted octanol–water partition coefficient (Wildman–Crippen LogP) is 3.47. The molecule has 3 amide bonds. The molecular formula is C21H22N2O4S. The highest BCUT2D eigenvalue weighted by Crippen LogP contribution is 2.33. The van der Waals surface area contributed by atoms with Crippen molar-refractivity contribution >= 4 is 34.7 Å². The van der Waals surface area contributed by atoms with Gasteiger partial charge in [0.2, 0.25) is 5.91 Å². The third-order valence-electron chi connectivity index (χ3n) is 5.47. The lowest BCUT2D eigenvalue weighted by Crippen LogP contribution is -2.49. The van der Waals surface area contributed by atoms with Gasteiger partial charge in [-0.1, -0.05) is 18.9 Å². The molecule has 1 saturated heterocycles. The Morgan fingerprint density at radius 1 is 1.14 bits per heavy atom. The van der Waals surface area contributed by atoms with Gasteiger partial charge >= 0.3 is 0 Å². The summed E-state index contributed by atoms with van der Waals surface area (Å²) >= 11 is 1.37. The van der Waals surface area contributed by atoms with Crippen molar-refractivity contribution in [1.82, 2.24) is 4.90 Å². The number of amides is 3. The van der Waals surface area contributed by atoms with Crippen molar-refractivity contribution in [3.63, 3.8) is 0 Å². The van der Waals surface area contributed by atoms with Crippen LogP contribution in [0.3, 0.4) is 0 Å². The van der Waals surface area contributed by atoms with Crippen LogP contribution in [0, 0.1) is 0 Å². The second kappa shape index (κ2) is 7.75. The topological polar surface area (TPSA) is 66.9 Å². The van der Waals surface area contributed by atoms with Crippen LogP contribution in [0.1, 0.15) is 41.8 Å². The molecule has 2 aliphatic rings. The Bertz CT molecular complexity index is 872. The second-order valence-electron chi connectivity index (χ2n) is 7.11. The number of ether oxygens (including phenoxy) is 1. The monoisotopic (exact) mass is 398 g/mol. The Morgan fingerprint density at radius 2 is 1.86 bits per heavy atom. The summed E-state index contributed by atoms with van der Waals surface area (Å²) in [6.07, 6.45) is 3.85. The van der Waals surface area contributed by atoms with Gasteiger partial charge in [0.05, 0.1) is 24.1 Å². The van der Waals surface area contributed by atoms with Crippen molar-refractivity contribution in [3.8, 4) is 5.75 Å². The van der Waals surface area contributed by atoms with Crippen molar-refractivity contribution < 1.29 is 19.1 Å². The predicted molar refractivity (Wildman–Crippen MR) is 107 cm³/mol. The number of rotatable bonds is 5. The average molecular weight is 398 g/mol. The normalized spacial score (nSPS) is 20.0. The van der Waals surface area contributed by atoms with Crippen LogP contribution in [0.25, 0.3) is 0 Å². The first kappa shape index (κ1) is 18.7. The van der Waals surface area contributed by atoms with Crippen LogP contribution < -0.4 is 9.64 Å². The number of carbonyl (C=O) groups excluding carboxylic acids is 3. The van der Waals surface area contributed by atoms with E-state index in [1.807, 2.05) is 11.4 Å². The molecular weight excluding hydrogens is 376 g/mol. The SMILES string of the molecule is COc1ccc(N2C(=O)CC(N(C(=O)c3cccs3)C3CCCC3)C2=O)cc1. The summed E-state index contributed by atoms with van der Waals surface area (Å²) in [5.74, 6) is -0.0985. The standard InChI is InChI=1S/C21H22N2O4S/c1-27-16-10-8-15(9-11-16)23-19(24)13-17(20(23)25)22(14-5-2-3-6-14)21(26)18-7-4-12-28-18/h4,7-12,14,17H,2-3,5-6,13H2,1H3. The summed E-state index contributed by atoms with van der Waals surface area (Å²) in [6.45, 7) is 0. The molecule has 1 atom stereocenters. The molecule has 1 aromatic heterocycles. The van der Waals surface area contributed by atoms with E-state index in [-0.39, 0.29) is 30.2 Å². The van der Waals surface area contributed by atoms with Gasteiger partial charge in [-0.05, 0) is 48.6 Å². The van der Waals surface area contributed by atoms with Crippen LogP contribution in [-0.2, 0) is 9.59 Å². The van der Waals surface area contributed by atoms with Crippen molar-refractivity contribution in [2.24, 2.45) is 0 Å². The highest BCUT2D eigenvalue weighted by Gasteiger charge is 2.47. The lowest BCUT2D eigenvalue weighted by Gasteiger charge is -2.32. The largest absolute Gasteiger partial charge is 0.497 e. The molecule has 28 heavy (non-hydrogen) atoms. The maximum absolute atomic E-state index is 13.2. The van der Waals surface area contributed by atoms with Gasteiger partial charge in [0.25, 0.3) is 11.8 Å². The number of hydrogen-bond acceptors (Lipinski definition) is 5. The van der Waals surface area contributed by atoms with Crippen molar-refractivity contribution in [2.45, 2.75) is 44.2 Å². The van der Waals surface area contributed by atoms with Crippen LogP contribution in [-0.4, -0.2) is 41.8 Å². The Balaban J connectivity index is 1.64. The highest BCUT2D eigenvalue weighted by atomic mass is 32.1. The number of imide groups is 1. The van der Waals surface area contributed by atoms with Gasteiger partial charge < -0.3 is 9.64 Å². The van der Waals surface area contributed by atoms with Gasteiger partial charge in [-0.3, -0.25) is 14.4 Å². The molecule has 4 rings (SSSR count). The quantitative estimate of drug-likeness (QED) is 0.724. The van der Waals surface area contributed by atoms with Gasteiger partial charge in [-0.15, -0.1) is 11.3 Å². The molecule has 2 fully saturated rings. The minimum atomic E-state index is -0.743. The summed E-state index contributed by atoms with van der Waals surface area (Å²) in [5.41, 5.74) is 0.508. The van der Waals surface area contributed by atoms with E-state index < -0.39 is 6.04 Å². The molecule has 146 valence electrons. The molecule has 0 bridgehead atoms.